The Morgan fingerprint density at radius 3 is 2.74 bits per heavy atom. The highest BCUT2D eigenvalue weighted by atomic mass is 35.5. The van der Waals surface area contributed by atoms with Crippen LogP contribution in [0.4, 0.5) is 0 Å². The number of nitrogens with zero attached hydrogens (tertiary/aromatic N) is 1. The maximum Gasteiger partial charge on any atom is 0.253 e. The molecule has 1 aromatic carbocycles. The van der Waals surface area contributed by atoms with Gasteiger partial charge in [-0.1, -0.05) is 17.7 Å². The van der Waals surface area contributed by atoms with Crippen molar-refractivity contribution in [2.24, 2.45) is 5.92 Å². The van der Waals surface area contributed by atoms with Crippen LogP contribution in [0.3, 0.4) is 0 Å². The van der Waals surface area contributed by atoms with E-state index in [4.69, 9.17) is 11.6 Å². The van der Waals surface area contributed by atoms with Gasteiger partial charge in [-0.05, 0) is 56.5 Å². The van der Waals surface area contributed by atoms with Gasteiger partial charge in [0.2, 0.25) is 0 Å². The van der Waals surface area contributed by atoms with Crippen molar-refractivity contribution in [2.45, 2.75) is 19.8 Å². The second kappa shape index (κ2) is 6.40. The van der Waals surface area contributed by atoms with Crippen LogP contribution in [0.15, 0.2) is 18.2 Å². The number of carbonyl (C=O) groups excluding carboxylic acids is 1. The summed E-state index contributed by atoms with van der Waals surface area (Å²) in [6.45, 7) is 4.88. The van der Waals surface area contributed by atoms with E-state index in [9.17, 15) is 4.79 Å². The highest BCUT2D eigenvalue weighted by molar-refractivity contribution is 6.31. The number of halogens is 1. The summed E-state index contributed by atoms with van der Waals surface area (Å²) < 4.78 is 0. The van der Waals surface area contributed by atoms with Crippen LogP contribution in [0.5, 0.6) is 0 Å². The number of amides is 1. The van der Waals surface area contributed by atoms with Gasteiger partial charge >= 0.3 is 0 Å². The number of piperidine rings is 1. The molecule has 0 bridgehead atoms. The molecule has 1 aromatic rings. The minimum Gasteiger partial charge on any atom is -0.341 e. The van der Waals surface area contributed by atoms with Crippen LogP contribution in [0.1, 0.15) is 28.8 Å². The maximum absolute atomic E-state index is 12.3. The standard InChI is InChI=1S/C15H21ClN2O/c1-11-3-4-13(9-14(11)16)15(19)18(2)10-12-5-7-17-8-6-12/h3-4,9,12,17H,5-8,10H2,1-2H3. The molecule has 1 saturated heterocycles. The van der Waals surface area contributed by atoms with Crippen LogP contribution < -0.4 is 5.32 Å². The summed E-state index contributed by atoms with van der Waals surface area (Å²) in [4.78, 5) is 14.1. The normalized spacial score (nSPS) is 16.4. The van der Waals surface area contributed by atoms with Crippen molar-refractivity contribution in [1.82, 2.24) is 10.2 Å². The van der Waals surface area contributed by atoms with Crippen LogP contribution in [0, 0.1) is 12.8 Å². The first-order valence-electron chi connectivity index (χ1n) is 6.80. The van der Waals surface area contributed by atoms with Gasteiger partial charge in [0.15, 0.2) is 0 Å². The van der Waals surface area contributed by atoms with Gasteiger partial charge in [-0.25, -0.2) is 0 Å². The molecule has 2 rings (SSSR count). The summed E-state index contributed by atoms with van der Waals surface area (Å²) in [5.41, 5.74) is 1.67. The van der Waals surface area contributed by atoms with Crippen LogP contribution >= 0.6 is 11.6 Å². The number of nitrogens with one attached hydrogen (secondary N) is 1. The second-order valence-electron chi connectivity index (χ2n) is 5.34. The Bertz CT molecular complexity index is 455. The van der Waals surface area contributed by atoms with Gasteiger partial charge in [-0.3, -0.25) is 4.79 Å². The summed E-state index contributed by atoms with van der Waals surface area (Å²) >= 11 is 6.08. The van der Waals surface area contributed by atoms with Gasteiger partial charge in [0.1, 0.15) is 0 Å². The van der Waals surface area contributed by atoms with Gasteiger partial charge in [0, 0.05) is 24.2 Å². The minimum absolute atomic E-state index is 0.0560. The van der Waals surface area contributed by atoms with E-state index in [2.05, 4.69) is 5.32 Å². The van der Waals surface area contributed by atoms with Crippen LogP contribution in [0.25, 0.3) is 0 Å². The zero-order valence-corrected chi connectivity index (χ0v) is 12.3. The molecule has 19 heavy (non-hydrogen) atoms. The van der Waals surface area contributed by atoms with E-state index in [1.165, 1.54) is 0 Å². The van der Waals surface area contributed by atoms with Gasteiger partial charge in [0.25, 0.3) is 5.91 Å². The molecule has 1 amide bonds. The predicted molar refractivity (Wildman–Crippen MR) is 78.7 cm³/mol. The van der Waals surface area contributed by atoms with Gasteiger partial charge in [-0.2, -0.15) is 0 Å². The number of aryl methyl sites for hydroxylation is 1. The van der Waals surface area contributed by atoms with Crippen LogP contribution in [-0.4, -0.2) is 37.5 Å². The Hall–Kier alpha value is -1.06. The summed E-state index contributed by atoms with van der Waals surface area (Å²) in [5.74, 6) is 0.663. The second-order valence-corrected chi connectivity index (χ2v) is 5.75. The molecule has 1 fully saturated rings. The van der Waals surface area contributed by atoms with Crippen molar-refractivity contribution in [3.05, 3.63) is 34.3 Å². The third-order valence-electron chi connectivity index (χ3n) is 3.76. The molecule has 3 nitrogen and oxygen atoms in total. The first-order chi connectivity index (χ1) is 9.08. The third kappa shape index (κ3) is 3.71. The lowest BCUT2D eigenvalue weighted by atomic mass is 9.97. The number of benzene rings is 1. The molecule has 0 radical (unpaired) electrons. The van der Waals surface area contributed by atoms with Crippen LogP contribution in [0.2, 0.25) is 5.02 Å². The Labute approximate surface area is 119 Å². The molecule has 1 aliphatic heterocycles. The summed E-state index contributed by atoms with van der Waals surface area (Å²) in [6.07, 6.45) is 2.29. The first kappa shape index (κ1) is 14.4. The lowest BCUT2D eigenvalue weighted by molar-refractivity contribution is 0.0763. The Morgan fingerprint density at radius 1 is 1.42 bits per heavy atom. The van der Waals surface area contributed by atoms with E-state index in [0.717, 1.165) is 38.0 Å². The Kier molecular flexibility index (Phi) is 4.83. The topological polar surface area (TPSA) is 32.3 Å². The van der Waals surface area contributed by atoms with Crippen molar-refractivity contribution in [3.63, 3.8) is 0 Å². The number of rotatable bonds is 3. The van der Waals surface area contributed by atoms with Crippen molar-refractivity contribution >= 4 is 17.5 Å². The third-order valence-corrected chi connectivity index (χ3v) is 4.16. The molecular weight excluding hydrogens is 260 g/mol. The predicted octanol–water partition coefficient (Wildman–Crippen LogP) is 2.72. The fraction of sp³-hybridized carbons (Fsp3) is 0.533. The SMILES string of the molecule is Cc1ccc(C(=O)N(C)CC2CCNCC2)cc1Cl. The molecule has 0 aliphatic carbocycles. The molecular formula is C15H21ClN2O. The summed E-state index contributed by atoms with van der Waals surface area (Å²) in [5, 5.41) is 4.00. The molecule has 0 saturated carbocycles. The zero-order chi connectivity index (χ0) is 13.8. The molecule has 0 spiro atoms. The van der Waals surface area contributed by atoms with Crippen LogP contribution in [-0.2, 0) is 0 Å². The molecule has 0 aromatic heterocycles. The Morgan fingerprint density at radius 2 is 2.11 bits per heavy atom. The average molecular weight is 281 g/mol. The van der Waals surface area contributed by atoms with Crippen molar-refractivity contribution in [3.8, 4) is 0 Å². The van der Waals surface area contributed by atoms with Crippen molar-refractivity contribution in [1.29, 1.82) is 0 Å². The van der Waals surface area contributed by atoms with Crippen molar-refractivity contribution in [2.75, 3.05) is 26.7 Å². The van der Waals surface area contributed by atoms with Crippen molar-refractivity contribution < 1.29 is 4.79 Å². The van der Waals surface area contributed by atoms with E-state index in [0.29, 0.717) is 16.5 Å². The quantitative estimate of drug-likeness (QED) is 0.923. The lowest BCUT2D eigenvalue weighted by Crippen LogP contribution is -2.37. The van der Waals surface area contributed by atoms with E-state index in [1.54, 1.807) is 6.07 Å². The van der Waals surface area contributed by atoms with Gasteiger partial charge in [-0.15, -0.1) is 0 Å². The largest absolute Gasteiger partial charge is 0.341 e. The summed E-state index contributed by atoms with van der Waals surface area (Å²) in [7, 11) is 1.87. The first-order valence-corrected chi connectivity index (χ1v) is 7.18. The molecule has 1 aliphatic rings. The molecule has 1 N–H and O–H groups in total. The average Bonchev–Trinajstić information content (AvgIpc) is 2.42. The lowest BCUT2D eigenvalue weighted by Gasteiger charge is -2.27. The maximum atomic E-state index is 12.3. The van der Waals surface area contributed by atoms with Gasteiger partial charge in [0.05, 0.1) is 0 Å². The molecule has 0 unspecified atom stereocenters. The smallest absolute Gasteiger partial charge is 0.253 e. The van der Waals surface area contributed by atoms with E-state index in [1.807, 2.05) is 31.0 Å². The monoisotopic (exact) mass is 280 g/mol. The number of hydrogen-bond donors (Lipinski definition) is 1. The molecule has 4 heteroatoms. The zero-order valence-electron chi connectivity index (χ0n) is 11.6. The van der Waals surface area contributed by atoms with Gasteiger partial charge < -0.3 is 10.2 Å². The van der Waals surface area contributed by atoms with E-state index >= 15 is 0 Å². The number of carbonyl (C=O) groups is 1. The fourth-order valence-electron chi connectivity index (χ4n) is 2.48. The molecule has 0 atom stereocenters. The number of hydrogen-bond acceptors (Lipinski definition) is 2. The minimum atomic E-state index is 0.0560. The molecule has 1 heterocycles. The van der Waals surface area contributed by atoms with E-state index < -0.39 is 0 Å². The fourth-order valence-corrected chi connectivity index (χ4v) is 2.66. The van der Waals surface area contributed by atoms with E-state index in [-0.39, 0.29) is 5.91 Å². The molecule has 104 valence electrons. The highest BCUT2D eigenvalue weighted by Gasteiger charge is 2.19. The Balaban J connectivity index is 1.99. The highest BCUT2D eigenvalue weighted by Crippen LogP contribution is 2.19. The summed E-state index contributed by atoms with van der Waals surface area (Å²) in [6, 6.07) is 5.51.